The fraction of sp³-hybridized carbons (Fsp3) is 0.357. The van der Waals surface area contributed by atoms with E-state index in [0.717, 1.165) is 5.56 Å². The number of nitrogens with one attached hydrogen (secondary N) is 1. The smallest absolute Gasteiger partial charge is 0.290 e. The number of furan rings is 1. The Bertz CT molecular complexity index is 1370. The third-order valence-electron chi connectivity index (χ3n) is 6.97. The number of benzene rings is 2. The number of hydrogen-bond acceptors (Lipinski definition) is 8. The average Bonchev–Trinajstić information content (AvgIpc) is 3.55. The Kier molecular flexibility index (Phi) is 7.37. The van der Waals surface area contributed by atoms with Crippen LogP contribution >= 0.6 is 0 Å². The molecule has 10 nitrogen and oxygen atoms in total. The number of carbonyl (C=O) groups is 2. The summed E-state index contributed by atoms with van der Waals surface area (Å²) in [4.78, 5) is 28.5. The minimum Gasteiger partial charge on any atom is -0.493 e. The molecule has 5 rings (SSSR count). The van der Waals surface area contributed by atoms with Crippen molar-refractivity contribution in [3.8, 4) is 11.5 Å². The van der Waals surface area contributed by atoms with E-state index in [2.05, 4.69) is 5.32 Å². The van der Waals surface area contributed by atoms with Gasteiger partial charge in [0.05, 0.1) is 32.3 Å². The fourth-order valence-electron chi connectivity index (χ4n) is 5.21. The van der Waals surface area contributed by atoms with E-state index in [1.54, 1.807) is 30.3 Å². The van der Waals surface area contributed by atoms with Crippen LogP contribution in [-0.4, -0.2) is 85.7 Å². The first-order valence-electron chi connectivity index (χ1n) is 12.4. The van der Waals surface area contributed by atoms with Crippen molar-refractivity contribution in [1.82, 2.24) is 10.2 Å². The SMILES string of the molecule is COCCN(C(=O)c1cc2cccc(OC)c2o1)C1C=C(C(=O)NCCO)C2c3ccccc3OC2C1O. The molecule has 0 spiro atoms. The second kappa shape index (κ2) is 10.9. The number of fused-ring (bicyclic) bond motifs is 4. The zero-order valence-corrected chi connectivity index (χ0v) is 21.1. The second-order valence-electron chi connectivity index (χ2n) is 9.16. The van der Waals surface area contributed by atoms with Crippen molar-refractivity contribution in [3.05, 3.63) is 71.5 Å². The summed E-state index contributed by atoms with van der Waals surface area (Å²) >= 11 is 0. The molecule has 1 aromatic heterocycles. The molecule has 38 heavy (non-hydrogen) atoms. The van der Waals surface area contributed by atoms with E-state index in [1.165, 1.54) is 19.1 Å². The number of methoxy groups -OCH3 is 2. The molecule has 200 valence electrons. The summed E-state index contributed by atoms with van der Waals surface area (Å²) in [6.07, 6.45) is -0.340. The first-order chi connectivity index (χ1) is 18.5. The van der Waals surface area contributed by atoms with E-state index >= 15 is 0 Å². The van der Waals surface area contributed by atoms with Gasteiger partial charge in [-0.05, 0) is 24.3 Å². The highest BCUT2D eigenvalue weighted by atomic mass is 16.5. The van der Waals surface area contributed by atoms with Gasteiger partial charge in [0, 0.05) is 36.7 Å². The molecule has 1 aliphatic carbocycles. The molecule has 2 aromatic carbocycles. The number of amides is 2. The molecule has 0 fully saturated rings. The van der Waals surface area contributed by atoms with Crippen LogP contribution in [0.1, 0.15) is 22.0 Å². The molecular weight excluding hydrogens is 492 g/mol. The van der Waals surface area contributed by atoms with Crippen molar-refractivity contribution in [2.24, 2.45) is 0 Å². The van der Waals surface area contributed by atoms with Crippen molar-refractivity contribution in [3.63, 3.8) is 0 Å². The predicted octanol–water partition coefficient (Wildman–Crippen LogP) is 1.85. The van der Waals surface area contributed by atoms with E-state index in [4.69, 9.17) is 18.6 Å². The highest BCUT2D eigenvalue weighted by Gasteiger charge is 2.50. The van der Waals surface area contributed by atoms with Gasteiger partial charge in [0.2, 0.25) is 5.91 Å². The van der Waals surface area contributed by atoms with Gasteiger partial charge in [-0.25, -0.2) is 0 Å². The summed E-state index contributed by atoms with van der Waals surface area (Å²) in [5, 5.41) is 24.2. The van der Waals surface area contributed by atoms with Gasteiger partial charge >= 0.3 is 0 Å². The van der Waals surface area contributed by atoms with E-state index in [1.807, 2.05) is 24.3 Å². The number of hydrogen-bond donors (Lipinski definition) is 3. The first kappa shape index (κ1) is 25.8. The number of carbonyl (C=O) groups excluding carboxylic acids is 2. The Hall–Kier alpha value is -3.86. The number of aliphatic hydroxyl groups is 2. The molecule has 0 saturated heterocycles. The van der Waals surface area contributed by atoms with Crippen LogP contribution in [-0.2, 0) is 9.53 Å². The summed E-state index contributed by atoms with van der Waals surface area (Å²) in [5.74, 6) is -0.299. The third kappa shape index (κ3) is 4.51. The van der Waals surface area contributed by atoms with Crippen LogP contribution in [0.3, 0.4) is 0 Å². The molecule has 3 N–H and O–H groups in total. The van der Waals surface area contributed by atoms with Crippen molar-refractivity contribution in [2.75, 3.05) is 40.5 Å². The summed E-state index contributed by atoms with van der Waals surface area (Å²) in [6.45, 7) is 0.155. The van der Waals surface area contributed by atoms with Crippen LogP contribution in [0.25, 0.3) is 11.0 Å². The molecule has 3 aromatic rings. The molecule has 0 radical (unpaired) electrons. The number of aliphatic hydroxyl groups excluding tert-OH is 2. The zero-order chi connectivity index (χ0) is 26.8. The van der Waals surface area contributed by atoms with Crippen molar-refractivity contribution in [1.29, 1.82) is 0 Å². The van der Waals surface area contributed by atoms with Gasteiger partial charge in [-0.15, -0.1) is 0 Å². The van der Waals surface area contributed by atoms with Crippen LogP contribution in [0, 0.1) is 0 Å². The standard InChI is InChI=1S/C28H30N2O8/c1-35-13-11-30(28(34)22-14-16-6-5-9-21(36-2)25(16)38-22)19-15-18(27(33)29-10-12-31)23-17-7-3-4-8-20(17)37-26(23)24(19)32/h3-9,14-15,19,23-24,26,31-32H,10-13H2,1-2H3,(H,29,33). The van der Waals surface area contributed by atoms with E-state index in [-0.39, 0.29) is 32.1 Å². The Labute approximate surface area is 219 Å². The van der Waals surface area contributed by atoms with E-state index in [9.17, 15) is 19.8 Å². The molecule has 4 atom stereocenters. The van der Waals surface area contributed by atoms with Gasteiger partial charge in [0.1, 0.15) is 18.0 Å². The minimum atomic E-state index is -1.15. The molecular formula is C28H30N2O8. The normalized spacial score (nSPS) is 21.7. The van der Waals surface area contributed by atoms with E-state index < -0.39 is 36.0 Å². The van der Waals surface area contributed by atoms with Crippen molar-refractivity contribution in [2.45, 2.75) is 24.2 Å². The van der Waals surface area contributed by atoms with E-state index in [0.29, 0.717) is 28.0 Å². The summed E-state index contributed by atoms with van der Waals surface area (Å²) in [6, 6.07) is 13.4. The van der Waals surface area contributed by atoms with Gasteiger partial charge in [0.25, 0.3) is 5.91 Å². The highest BCUT2D eigenvalue weighted by Crippen LogP contribution is 2.47. The Morgan fingerprint density at radius 1 is 1.13 bits per heavy atom. The minimum absolute atomic E-state index is 0.0604. The van der Waals surface area contributed by atoms with Gasteiger partial charge in [-0.1, -0.05) is 30.3 Å². The zero-order valence-electron chi connectivity index (χ0n) is 21.1. The molecule has 1 aliphatic heterocycles. The molecule has 0 saturated carbocycles. The predicted molar refractivity (Wildman–Crippen MR) is 137 cm³/mol. The second-order valence-corrected chi connectivity index (χ2v) is 9.16. The van der Waals surface area contributed by atoms with Crippen LogP contribution in [0.4, 0.5) is 0 Å². The third-order valence-corrected chi connectivity index (χ3v) is 6.97. The lowest BCUT2D eigenvalue weighted by molar-refractivity contribution is -0.118. The number of nitrogens with zero attached hydrogens (tertiary/aromatic N) is 1. The summed E-state index contributed by atoms with van der Waals surface area (Å²) in [7, 11) is 3.04. The Balaban J connectivity index is 1.56. The van der Waals surface area contributed by atoms with Crippen LogP contribution in [0.15, 0.2) is 64.6 Å². The lowest BCUT2D eigenvalue weighted by atomic mass is 9.77. The Morgan fingerprint density at radius 3 is 2.71 bits per heavy atom. The maximum absolute atomic E-state index is 13.8. The number of para-hydroxylation sites is 2. The molecule has 2 amide bonds. The topological polar surface area (TPSA) is 131 Å². The molecule has 4 unspecified atom stereocenters. The number of ether oxygens (including phenoxy) is 3. The van der Waals surface area contributed by atoms with Gasteiger partial charge < -0.3 is 39.1 Å². The van der Waals surface area contributed by atoms with Crippen LogP contribution in [0.2, 0.25) is 0 Å². The van der Waals surface area contributed by atoms with Gasteiger partial charge in [-0.2, -0.15) is 0 Å². The van der Waals surface area contributed by atoms with Crippen molar-refractivity contribution >= 4 is 22.8 Å². The monoisotopic (exact) mass is 522 g/mol. The lowest BCUT2D eigenvalue weighted by Gasteiger charge is -2.40. The summed E-state index contributed by atoms with van der Waals surface area (Å²) < 4.78 is 22.7. The van der Waals surface area contributed by atoms with Crippen LogP contribution < -0.4 is 14.8 Å². The summed E-state index contributed by atoms with van der Waals surface area (Å²) in [5.41, 5.74) is 1.56. The average molecular weight is 523 g/mol. The van der Waals surface area contributed by atoms with Crippen LogP contribution in [0.5, 0.6) is 11.5 Å². The van der Waals surface area contributed by atoms with Crippen molar-refractivity contribution < 1.29 is 38.4 Å². The maximum atomic E-state index is 13.8. The fourth-order valence-corrected chi connectivity index (χ4v) is 5.21. The molecule has 0 bridgehead atoms. The highest BCUT2D eigenvalue weighted by molar-refractivity contribution is 5.99. The van der Waals surface area contributed by atoms with Gasteiger partial charge in [-0.3, -0.25) is 9.59 Å². The molecule has 10 heteroatoms. The maximum Gasteiger partial charge on any atom is 0.290 e. The lowest BCUT2D eigenvalue weighted by Crippen LogP contribution is -2.56. The number of rotatable bonds is 9. The quantitative estimate of drug-likeness (QED) is 0.388. The molecule has 2 aliphatic rings. The first-order valence-corrected chi connectivity index (χ1v) is 12.4. The van der Waals surface area contributed by atoms with Gasteiger partial charge in [0.15, 0.2) is 17.1 Å². The Morgan fingerprint density at radius 2 is 1.95 bits per heavy atom. The molecule has 2 heterocycles. The largest absolute Gasteiger partial charge is 0.493 e.